The third kappa shape index (κ3) is 2.63. The molecule has 3 heterocycles. The van der Waals surface area contributed by atoms with Crippen molar-refractivity contribution in [1.29, 1.82) is 0 Å². The first-order valence-electron chi connectivity index (χ1n) is 9.71. The second-order valence-corrected chi connectivity index (χ2v) is 8.07. The van der Waals surface area contributed by atoms with Gasteiger partial charge in [-0.2, -0.15) is 0 Å². The summed E-state index contributed by atoms with van der Waals surface area (Å²) in [6.07, 6.45) is 2.39. The minimum Gasteiger partial charge on any atom is -0.385 e. The SMILES string of the molecule is Cc1nc2ccc(C(=O)N3[C@@H]4CC[C@@H]3CC(O)(c3ccccc3F)C4)cc2[nH]1. The highest BCUT2D eigenvalue weighted by molar-refractivity contribution is 5.98. The highest BCUT2D eigenvalue weighted by atomic mass is 19.1. The van der Waals surface area contributed by atoms with Gasteiger partial charge in [-0.15, -0.1) is 0 Å². The number of hydrogen-bond donors (Lipinski definition) is 2. The van der Waals surface area contributed by atoms with E-state index in [0.29, 0.717) is 24.0 Å². The average molecular weight is 379 g/mol. The Morgan fingerprint density at radius 3 is 2.64 bits per heavy atom. The van der Waals surface area contributed by atoms with Gasteiger partial charge >= 0.3 is 0 Å². The molecule has 2 aliphatic heterocycles. The molecule has 0 radical (unpaired) electrons. The molecule has 2 atom stereocenters. The van der Waals surface area contributed by atoms with Crippen molar-refractivity contribution in [2.45, 2.75) is 50.3 Å². The fraction of sp³-hybridized carbons (Fsp3) is 0.364. The van der Waals surface area contributed by atoms with Crippen LogP contribution in [-0.4, -0.2) is 38.0 Å². The van der Waals surface area contributed by atoms with Gasteiger partial charge in [-0.3, -0.25) is 4.79 Å². The molecule has 2 saturated heterocycles. The molecule has 0 spiro atoms. The summed E-state index contributed by atoms with van der Waals surface area (Å²) in [7, 11) is 0. The molecule has 1 amide bonds. The monoisotopic (exact) mass is 379 g/mol. The number of aromatic nitrogens is 2. The van der Waals surface area contributed by atoms with Crippen LogP contribution in [0.15, 0.2) is 42.5 Å². The number of carbonyl (C=O) groups is 1. The molecule has 5 rings (SSSR count). The number of aryl methyl sites for hydroxylation is 1. The Balaban J connectivity index is 1.44. The van der Waals surface area contributed by atoms with E-state index in [1.165, 1.54) is 6.07 Å². The Labute approximate surface area is 162 Å². The van der Waals surface area contributed by atoms with Crippen molar-refractivity contribution in [3.63, 3.8) is 0 Å². The molecule has 2 aliphatic rings. The number of halogens is 1. The molecular weight excluding hydrogens is 357 g/mol. The van der Waals surface area contributed by atoms with Gasteiger partial charge in [0.25, 0.3) is 5.91 Å². The molecule has 0 unspecified atom stereocenters. The van der Waals surface area contributed by atoms with Gasteiger partial charge in [-0.1, -0.05) is 18.2 Å². The number of hydrogen-bond acceptors (Lipinski definition) is 3. The molecule has 0 aliphatic carbocycles. The number of imidazole rings is 1. The minimum atomic E-state index is -1.22. The van der Waals surface area contributed by atoms with Crippen LogP contribution in [0, 0.1) is 12.7 Å². The summed E-state index contributed by atoms with van der Waals surface area (Å²) in [5.74, 6) is 0.397. The summed E-state index contributed by atoms with van der Waals surface area (Å²) in [6, 6.07) is 11.7. The van der Waals surface area contributed by atoms with E-state index in [1.807, 2.05) is 30.0 Å². The van der Waals surface area contributed by atoms with E-state index in [2.05, 4.69) is 9.97 Å². The van der Waals surface area contributed by atoms with Crippen LogP contribution in [-0.2, 0) is 5.60 Å². The molecule has 2 bridgehead atoms. The number of nitrogens with one attached hydrogen (secondary N) is 1. The molecule has 6 heteroatoms. The maximum atomic E-state index is 14.3. The molecule has 0 saturated carbocycles. The lowest BCUT2D eigenvalue weighted by molar-refractivity contribution is -0.0500. The summed E-state index contributed by atoms with van der Waals surface area (Å²) < 4.78 is 14.3. The molecule has 28 heavy (non-hydrogen) atoms. The topological polar surface area (TPSA) is 69.2 Å². The Bertz CT molecular complexity index is 1060. The first kappa shape index (κ1) is 17.4. The van der Waals surface area contributed by atoms with E-state index in [9.17, 15) is 14.3 Å². The normalized spacial score (nSPS) is 26.8. The number of aromatic amines is 1. The molecule has 5 nitrogen and oxygen atoms in total. The highest BCUT2D eigenvalue weighted by Crippen LogP contribution is 2.46. The summed E-state index contributed by atoms with van der Waals surface area (Å²) >= 11 is 0. The second-order valence-electron chi connectivity index (χ2n) is 8.07. The Hall–Kier alpha value is -2.73. The van der Waals surface area contributed by atoms with Gasteiger partial charge < -0.3 is 15.0 Å². The zero-order valence-corrected chi connectivity index (χ0v) is 15.7. The Kier molecular flexibility index (Phi) is 3.81. The number of piperidine rings is 1. The number of carbonyl (C=O) groups excluding carboxylic acids is 1. The van der Waals surface area contributed by atoms with Gasteiger partial charge in [0.2, 0.25) is 0 Å². The fourth-order valence-electron chi connectivity index (χ4n) is 5.03. The Morgan fingerprint density at radius 2 is 1.93 bits per heavy atom. The van der Waals surface area contributed by atoms with Gasteiger partial charge in [0.15, 0.2) is 0 Å². The van der Waals surface area contributed by atoms with Crippen LogP contribution in [0.1, 0.15) is 47.4 Å². The second kappa shape index (κ2) is 6.14. The van der Waals surface area contributed by atoms with E-state index in [-0.39, 0.29) is 23.8 Å². The van der Waals surface area contributed by atoms with Gasteiger partial charge in [0.05, 0.1) is 16.6 Å². The summed E-state index contributed by atoms with van der Waals surface area (Å²) in [6.45, 7) is 1.88. The predicted molar refractivity (Wildman–Crippen MR) is 103 cm³/mol. The van der Waals surface area contributed by atoms with Crippen LogP contribution in [0.3, 0.4) is 0 Å². The number of aliphatic hydroxyl groups is 1. The van der Waals surface area contributed by atoms with Gasteiger partial charge in [0.1, 0.15) is 11.6 Å². The van der Waals surface area contributed by atoms with Crippen molar-refractivity contribution in [3.8, 4) is 0 Å². The fourth-order valence-corrected chi connectivity index (χ4v) is 5.03. The number of rotatable bonds is 2. The zero-order valence-electron chi connectivity index (χ0n) is 15.7. The maximum absolute atomic E-state index is 14.3. The van der Waals surface area contributed by atoms with E-state index in [1.54, 1.807) is 18.2 Å². The lowest BCUT2D eigenvalue weighted by Crippen LogP contribution is -2.52. The Morgan fingerprint density at radius 1 is 1.21 bits per heavy atom. The summed E-state index contributed by atoms with van der Waals surface area (Å²) in [5, 5.41) is 11.2. The lowest BCUT2D eigenvalue weighted by atomic mass is 9.80. The van der Waals surface area contributed by atoms with Crippen molar-refractivity contribution >= 4 is 16.9 Å². The van der Waals surface area contributed by atoms with Crippen molar-refractivity contribution in [3.05, 3.63) is 65.2 Å². The first-order chi connectivity index (χ1) is 13.4. The average Bonchev–Trinajstić information content (AvgIpc) is 3.17. The van der Waals surface area contributed by atoms with Crippen LogP contribution >= 0.6 is 0 Å². The summed E-state index contributed by atoms with van der Waals surface area (Å²) in [5.41, 5.74) is 1.41. The van der Waals surface area contributed by atoms with Crippen molar-refractivity contribution in [2.75, 3.05) is 0 Å². The van der Waals surface area contributed by atoms with E-state index in [4.69, 9.17) is 0 Å². The van der Waals surface area contributed by atoms with Crippen LogP contribution in [0.4, 0.5) is 4.39 Å². The maximum Gasteiger partial charge on any atom is 0.254 e. The molecule has 2 fully saturated rings. The molecule has 2 N–H and O–H groups in total. The number of amides is 1. The van der Waals surface area contributed by atoms with Gasteiger partial charge in [-0.05, 0) is 44.0 Å². The first-order valence-corrected chi connectivity index (χ1v) is 9.71. The molecule has 1 aromatic heterocycles. The largest absolute Gasteiger partial charge is 0.385 e. The van der Waals surface area contributed by atoms with Crippen LogP contribution in [0.2, 0.25) is 0 Å². The number of benzene rings is 2. The van der Waals surface area contributed by atoms with E-state index < -0.39 is 5.60 Å². The highest BCUT2D eigenvalue weighted by Gasteiger charge is 2.50. The molecule has 3 aromatic rings. The number of fused-ring (bicyclic) bond motifs is 3. The number of nitrogens with zero attached hydrogens (tertiary/aromatic N) is 2. The molecule has 2 aromatic carbocycles. The van der Waals surface area contributed by atoms with Crippen molar-refractivity contribution < 1.29 is 14.3 Å². The molecule has 144 valence electrons. The lowest BCUT2D eigenvalue weighted by Gasteiger charge is -2.44. The zero-order chi connectivity index (χ0) is 19.5. The number of H-pyrrole nitrogens is 1. The predicted octanol–water partition coefficient (Wildman–Crippen LogP) is 3.67. The van der Waals surface area contributed by atoms with Gasteiger partial charge in [0, 0.05) is 36.1 Å². The molecular formula is C22H22FN3O2. The van der Waals surface area contributed by atoms with Crippen molar-refractivity contribution in [2.24, 2.45) is 0 Å². The van der Waals surface area contributed by atoms with Crippen LogP contribution in [0.25, 0.3) is 11.0 Å². The third-order valence-corrected chi connectivity index (χ3v) is 6.22. The standard InChI is InChI=1S/C22H22FN3O2/c1-13-24-19-9-6-14(10-20(19)25-13)21(27)26-15-7-8-16(26)12-22(28,11-15)17-4-2-3-5-18(17)23/h2-6,9-10,15-16,28H,7-8,11-12H2,1H3,(H,24,25)/t15-,16-/m1/s1. The minimum absolute atomic E-state index is 0.0303. The summed E-state index contributed by atoms with van der Waals surface area (Å²) in [4.78, 5) is 22.7. The quantitative estimate of drug-likeness (QED) is 0.714. The third-order valence-electron chi connectivity index (χ3n) is 6.22. The van der Waals surface area contributed by atoms with E-state index in [0.717, 1.165) is 29.7 Å². The van der Waals surface area contributed by atoms with Crippen LogP contribution < -0.4 is 0 Å². The van der Waals surface area contributed by atoms with E-state index >= 15 is 0 Å². The van der Waals surface area contributed by atoms with Crippen LogP contribution in [0.5, 0.6) is 0 Å². The van der Waals surface area contributed by atoms with Gasteiger partial charge in [-0.25, -0.2) is 9.37 Å². The smallest absolute Gasteiger partial charge is 0.254 e. The van der Waals surface area contributed by atoms with Crippen molar-refractivity contribution in [1.82, 2.24) is 14.9 Å².